The van der Waals surface area contributed by atoms with Crippen LogP contribution in [0.25, 0.3) is 0 Å². The highest BCUT2D eigenvalue weighted by Gasteiger charge is 2.28. The molecule has 1 aromatic heterocycles. The molecule has 1 atom stereocenters. The number of halogens is 1. The molecule has 0 spiro atoms. The van der Waals surface area contributed by atoms with Gasteiger partial charge < -0.3 is 15.5 Å². The largest absolute Gasteiger partial charge is 0.350 e. The van der Waals surface area contributed by atoms with E-state index in [0.717, 1.165) is 5.56 Å². The zero-order valence-electron chi connectivity index (χ0n) is 13.0. The topological polar surface area (TPSA) is 61.4 Å². The molecule has 0 aliphatic carbocycles. The van der Waals surface area contributed by atoms with Crippen LogP contribution in [0.5, 0.6) is 0 Å². The van der Waals surface area contributed by atoms with E-state index in [-0.39, 0.29) is 23.8 Å². The summed E-state index contributed by atoms with van der Waals surface area (Å²) in [4.78, 5) is 25.8. The lowest BCUT2D eigenvalue weighted by Crippen LogP contribution is -2.46. The third-order valence-corrected chi connectivity index (χ3v) is 4.66. The minimum absolute atomic E-state index is 0.152. The summed E-state index contributed by atoms with van der Waals surface area (Å²) in [5, 5.41) is 9.25. The Morgan fingerprint density at radius 2 is 2.29 bits per heavy atom. The summed E-state index contributed by atoms with van der Waals surface area (Å²) in [7, 11) is 0. The zero-order chi connectivity index (χ0) is 16.9. The van der Waals surface area contributed by atoms with Gasteiger partial charge in [-0.15, -0.1) is 0 Å². The van der Waals surface area contributed by atoms with Gasteiger partial charge in [0.1, 0.15) is 5.82 Å². The minimum Gasteiger partial charge on any atom is -0.350 e. The van der Waals surface area contributed by atoms with Gasteiger partial charge in [-0.2, -0.15) is 11.3 Å². The summed E-state index contributed by atoms with van der Waals surface area (Å²) in [5.74, 6) is -0.473. The van der Waals surface area contributed by atoms with Gasteiger partial charge in [-0.05, 0) is 35.6 Å². The first-order valence-corrected chi connectivity index (χ1v) is 8.67. The molecule has 1 aliphatic rings. The van der Waals surface area contributed by atoms with E-state index in [0.29, 0.717) is 31.6 Å². The van der Waals surface area contributed by atoms with E-state index >= 15 is 0 Å². The quantitative estimate of drug-likeness (QED) is 0.842. The lowest BCUT2D eigenvalue weighted by molar-refractivity contribution is 0.0940. The van der Waals surface area contributed by atoms with Crippen LogP contribution < -0.4 is 10.6 Å². The van der Waals surface area contributed by atoms with Crippen LogP contribution in [0, 0.1) is 5.82 Å². The summed E-state index contributed by atoms with van der Waals surface area (Å²) in [6.07, 6.45) is 0.481. The van der Waals surface area contributed by atoms with E-state index < -0.39 is 0 Å². The second-order valence-electron chi connectivity index (χ2n) is 5.64. The second kappa shape index (κ2) is 7.44. The number of carbonyl (C=O) groups excluding carboxylic acids is 2. The Morgan fingerprint density at radius 3 is 2.96 bits per heavy atom. The number of urea groups is 1. The molecule has 1 saturated heterocycles. The number of benzene rings is 1. The number of amides is 3. The molecule has 2 N–H and O–H groups in total. The first-order valence-electron chi connectivity index (χ1n) is 7.73. The number of nitrogens with one attached hydrogen (secondary N) is 2. The molecule has 2 aromatic rings. The maximum Gasteiger partial charge on any atom is 0.317 e. The molecule has 24 heavy (non-hydrogen) atoms. The first kappa shape index (κ1) is 16.4. The Balaban J connectivity index is 1.70. The van der Waals surface area contributed by atoms with Crippen molar-refractivity contribution in [2.75, 3.05) is 19.6 Å². The average molecular weight is 347 g/mol. The van der Waals surface area contributed by atoms with Crippen molar-refractivity contribution in [3.05, 3.63) is 58.0 Å². The van der Waals surface area contributed by atoms with Gasteiger partial charge >= 0.3 is 6.03 Å². The molecule has 0 saturated carbocycles. The molecule has 1 fully saturated rings. The van der Waals surface area contributed by atoms with Crippen molar-refractivity contribution in [3.8, 4) is 0 Å². The number of hydrogen-bond acceptors (Lipinski definition) is 3. The van der Waals surface area contributed by atoms with Gasteiger partial charge in [-0.3, -0.25) is 4.79 Å². The van der Waals surface area contributed by atoms with Crippen LogP contribution in [0.15, 0.2) is 41.1 Å². The summed E-state index contributed by atoms with van der Waals surface area (Å²) >= 11 is 1.46. The maximum absolute atomic E-state index is 13.4. The van der Waals surface area contributed by atoms with Crippen LogP contribution >= 0.6 is 11.3 Å². The molecule has 1 aromatic carbocycles. The molecule has 126 valence electrons. The monoisotopic (exact) mass is 347 g/mol. The van der Waals surface area contributed by atoms with Gasteiger partial charge in [0.15, 0.2) is 0 Å². The standard InChI is InChI=1S/C17H18FN3O2S/c18-14-3-1-2-12(8-14)9-15(21-6-5-19-17(21)23)10-20-16(22)13-4-7-24-11-13/h1-4,7-8,11,15H,5-6,9-10H2,(H,19,23)(H,20,22). The Kier molecular flexibility index (Phi) is 5.10. The van der Waals surface area contributed by atoms with Gasteiger partial charge in [-0.1, -0.05) is 12.1 Å². The van der Waals surface area contributed by atoms with Crippen LogP contribution in [0.1, 0.15) is 15.9 Å². The highest BCUT2D eigenvalue weighted by Crippen LogP contribution is 2.13. The molecule has 1 aliphatic heterocycles. The minimum atomic E-state index is -0.306. The zero-order valence-corrected chi connectivity index (χ0v) is 13.8. The Labute approximate surface area is 143 Å². The van der Waals surface area contributed by atoms with Gasteiger partial charge in [-0.25, -0.2) is 9.18 Å². The molecular formula is C17H18FN3O2S. The summed E-state index contributed by atoms with van der Waals surface area (Å²) in [6, 6.07) is 7.70. The molecule has 3 amide bonds. The number of carbonyl (C=O) groups is 2. The van der Waals surface area contributed by atoms with Crippen LogP contribution in [0.2, 0.25) is 0 Å². The maximum atomic E-state index is 13.4. The van der Waals surface area contributed by atoms with Crippen molar-refractivity contribution < 1.29 is 14.0 Å². The summed E-state index contributed by atoms with van der Waals surface area (Å²) in [6.45, 7) is 1.47. The third-order valence-electron chi connectivity index (χ3n) is 3.97. The van der Waals surface area contributed by atoms with Crippen molar-refractivity contribution in [3.63, 3.8) is 0 Å². The van der Waals surface area contributed by atoms with Gasteiger partial charge in [0, 0.05) is 30.6 Å². The summed E-state index contributed by atoms with van der Waals surface area (Å²) < 4.78 is 13.4. The predicted molar refractivity (Wildman–Crippen MR) is 90.6 cm³/mol. The Morgan fingerprint density at radius 1 is 1.42 bits per heavy atom. The number of rotatable bonds is 6. The lowest BCUT2D eigenvalue weighted by atomic mass is 10.0. The Bertz CT molecular complexity index is 720. The number of nitrogens with zero attached hydrogens (tertiary/aromatic N) is 1. The molecule has 0 radical (unpaired) electrons. The van der Waals surface area contributed by atoms with Crippen LogP contribution in [0.4, 0.5) is 9.18 Å². The van der Waals surface area contributed by atoms with Crippen molar-refractivity contribution in [2.24, 2.45) is 0 Å². The van der Waals surface area contributed by atoms with Crippen molar-refractivity contribution in [1.29, 1.82) is 0 Å². The van der Waals surface area contributed by atoms with Gasteiger partial charge in [0.25, 0.3) is 5.91 Å². The smallest absolute Gasteiger partial charge is 0.317 e. The highest BCUT2D eigenvalue weighted by atomic mass is 32.1. The van der Waals surface area contributed by atoms with Crippen molar-refractivity contribution in [1.82, 2.24) is 15.5 Å². The van der Waals surface area contributed by atoms with E-state index in [9.17, 15) is 14.0 Å². The van der Waals surface area contributed by atoms with Gasteiger partial charge in [0.05, 0.1) is 6.04 Å². The predicted octanol–water partition coefficient (Wildman–Crippen LogP) is 2.25. The molecule has 2 heterocycles. The Hall–Kier alpha value is -2.41. The van der Waals surface area contributed by atoms with E-state index in [4.69, 9.17) is 0 Å². The molecule has 0 bridgehead atoms. The first-order chi connectivity index (χ1) is 11.6. The third kappa shape index (κ3) is 3.91. The normalized spacial score (nSPS) is 15.2. The van der Waals surface area contributed by atoms with E-state index in [1.165, 1.54) is 23.5 Å². The lowest BCUT2D eigenvalue weighted by Gasteiger charge is -2.27. The van der Waals surface area contributed by atoms with Crippen LogP contribution in [0.3, 0.4) is 0 Å². The fourth-order valence-corrected chi connectivity index (χ4v) is 3.41. The fourth-order valence-electron chi connectivity index (χ4n) is 2.77. The summed E-state index contributed by atoms with van der Waals surface area (Å²) in [5.41, 5.74) is 1.40. The van der Waals surface area contributed by atoms with Crippen molar-refractivity contribution >= 4 is 23.3 Å². The van der Waals surface area contributed by atoms with E-state index in [2.05, 4.69) is 10.6 Å². The number of thiophene rings is 1. The molecule has 7 heteroatoms. The van der Waals surface area contributed by atoms with Crippen LogP contribution in [-0.4, -0.2) is 42.5 Å². The van der Waals surface area contributed by atoms with Gasteiger partial charge in [0.2, 0.25) is 0 Å². The number of hydrogen-bond donors (Lipinski definition) is 2. The van der Waals surface area contributed by atoms with Crippen molar-refractivity contribution in [2.45, 2.75) is 12.5 Å². The van der Waals surface area contributed by atoms with E-state index in [1.54, 1.807) is 22.4 Å². The SMILES string of the molecule is O=C(NCC(Cc1cccc(F)c1)N1CCNC1=O)c1ccsc1. The molecule has 3 rings (SSSR count). The molecule has 1 unspecified atom stereocenters. The average Bonchev–Trinajstić information content (AvgIpc) is 3.23. The van der Waals surface area contributed by atoms with Crippen LogP contribution in [-0.2, 0) is 6.42 Å². The molecule has 5 nitrogen and oxygen atoms in total. The van der Waals surface area contributed by atoms with E-state index in [1.807, 2.05) is 11.4 Å². The second-order valence-corrected chi connectivity index (χ2v) is 6.42. The highest BCUT2D eigenvalue weighted by molar-refractivity contribution is 7.08. The molecular weight excluding hydrogens is 329 g/mol. The fraction of sp³-hybridized carbons (Fsp3) is 0.294.